The smallest absolute Gasteiger partial charge is 0.414 e. The molecule has 5 nitrogen and oxygen atoms in total. The number of carbonyl (C=O) groups is 1. The molecule has 1 fully saturated rings. The molecule has 2 aliphatic rings. The second-order valence-electron chi connectivity index (χ2n) is 10.1. The molecule has 4 aromatic rings. The normalized spacial score (nSPS) is 20.5. The predicted octanol–water partition coefficient (Wildman–Crippen LogP) is 6.45. The molecule has 0 unspecified atom stereocenters. The van der Waals surface area contributed by atoms with Crippen LogP contribution in [0, 0.1) is 5.92 Å². The first-order chi connectivity index (χ1) is 18.1. The molecule has 6 rings (SSSR count). The zero-order valence-electron chi connectivity index (χ0n) is 20.8. The molecule has 0 saturated carbocycles. The topological polar surface area (TPSA) is 51.7 Å². The van der Waals surface area contributed by atoms with Gasteiger partial charge in [0.25, 0.3) is 0 Å². The number of pyridine rings is 1. The van der Waals surface area contributed by atoms with Crippen LogP contribution in [0.1, 0.15) is 28.8 Å². The summed E-state index contributed by atoms with van der Waals surface area (Å²) in [5.41, 5.74) is 5.71. The number of amides is 1. The fourth-order valence-corrected chi connectivity index (χ4v) is 6.09. The molecule has 1 aliphatic heterocycles. The van der Waals surface area contributed by atoms with Crippen LogP contribution in [0.5, 0.6) is 5.75 Å². The van der Waals surface area contributed by atoms with Gasteiger partial charge in [0.1, 0.15) is 12.4 Å². The van der Waals surface area contributed by atoms with Crippen molar-refractivity contribution in [1.29, 1.82) is 0 Å². The van der Waals surface area contributed by atoms with Crippen molar-refractivity contribution in [2.24, 2.45) is 5.92 Å². The third-order valence-electron chi connectivity index (χ3n) is 7.99. The van der Waals surface area contributed by atoms with Crippen molar-refractivity contribution < 1.29 is 14.3 Å². The van der Waals surface area contributed by atoms with Gasteiger partial charge in [-0.25, -0.2) is 4.79 Å². The first kappa shape index (κ1) is 23.3. The molecular formula is C32H30N2O3. The van der Waals surface area contributed by atoms with E-state index < -0.39 is 0 Å². The fourth-order valence-electron chi connectivity index (χ4n) is 6.09. The number of piperidine rings is 1. The number of aromatic nitrogens is 1. The van der Waals surface area contributed by atoms with Crippen LogP contribution >= 0.6 is 0 Å². The summed E-state index contributed by atoms with van der Waals surface area (Å²) in [4.78, 5) is 19.5. The van der Waals surface area contributed by atoms with Gasteiger partial charge in [0.2, 0.25) is 0 Å². The number of fused-ring (bicyclic) bond motifs is 3. The van der Waals surface area contributed by atoms with E-state index in [1.165, 1.54) is 17.4 Å². The Hall–Kier alpha value is -4.12. The van der Waals surface area contributed by atoms with Crippen LogP contribution in [-0.4, -0.2) is 29.1 Å². The van der Waals surface area contributed by atoms with Crippen LogP contribution in [0.2, 0.25) is 0 Å². The van der Waals surface area contributed by atoms with E-state index in [4.69, 9.17) is 14.5 Å². The summed E-state index contributed by atoms with van der Waals surface area (Å²) in [5.74, 6) is 1.10. The maximum Gasteiger partial charge on any atom is 0.414 e. The third-order valence-corrected chi connectivity index (χ3v) is 7.99. The van der Waals surface area contributed by atoms with Gasteiger partial charge in [0, 0.05) is 36.0 Å². The van der Waals surface area contributed by atoms with Gasteiger partial charge in [-0.3, -0.25) is 4.98 Å². The molecular weight excluding hydrogens is 460 g/mol. The summed E-state index contributed by atoms with van der Waals surface area (Å²) in [7, 11) is 0. The minimum atomic E-state index is -0.328. The summed E-state index contributed by atoms with van der Waals surface area (Å²) in [6.45, 7) is 5.34. The number of ether oxygens (including phenoxy) is 2. The molecule has 3 aromatic carbocycles. The van der Waals surface area contributed by atoms with E-state index in [-0.39, 0.29) is 17.4 Å². The Kier molecular flexibility index (Phi) is 6.13. The maximum atomic E-state index is 12.6. The van der Waals surface area contributed by atoms with E-state index in [1.54, 1.807) is 0 Å². The lowest BCUT2D eigenvalue weighted by molar-refractivity contribution is 0.0698. The van der Waals surface area contributed by atoms with Crippen molar-refractivity contribution in [3.8, 4) is 5.75 Å². The third kappa shape index (κ3) is 4.46. The van der Waals surface area contributed by atoms with E-state index in [9.17, 15) is 4.79 Å². The molecule has 1 aromatic heterocycles. The molecule has 1 aliphatic carbocycles. The number of rotatable bonds is 5. The van der Waals surface area contributed by atoms with Gasteiger partial charge in [-0.15, -0.1) is 0 Å². The quantitative estimate of drug-likeness (QED) is 0.302. The van der Waals surface area contributed by atoms with Gasteiger partial charge in [-0.2, -0.15) is 0 Å². The van der Waals surface area contributed by atoms with Gasteiger partial charge < -0.3 is 14.4 Å². The van der Waals surface area contributed by atoms with Crippen LogP contribution in [0.3, 0.4) is 0 Å². The summed E-state index contributed by atoms with van der Waals surface area (Å²) in [6.07, 6.45) is 3.42. The number of para-hydroxylation sites is 1. The zero-order valence-corrected chi connectivity index (χ0v) is 20.8. The van der Waals surface area contributed by atoms with Gasteiger partial charge in [0.05, 0.1) is 11.8 Å². The van der Waals surface area contributed by atoms with Gasteiger partial charge in [-0.05, 0) is 59.7 Å². The van der Waals surface area contributed by atoms with Crippen molar-refractivity contribution in [1.82, 2.24) is 9.88 Å². The predicted molar refractivity (Wildman–Crippen MR) is 144 cm³/mol. The highest BCUT2D eigenvalue weighted by molar-refractivity contribution is 5.79. The fraction of sp³-hybridized carbons (Fsp3) is 0.250. The Bertz CT molecular complexity index is 1450. The van der Waals surface area contributed by atoms with Crippen molar-refractivity contribution in [3.05, 3.63) is 120 Å². The molecule has 0 bridgehead atoms. The van der Waals surface area contributed by atoms with Gasteiger partial charge >= 0.3 is 6.09 Å². The van der Waals surface area contributed by atoms with Crippen molar-refractivity contribution in [2.45, 2.75) is 31.3 Å². The number of hydrogen-bond acceptors (Lipinski definition) is 4. The summed E-state index contributed by atoms with van der Waals surface area (Å²) in [5, 5.41) is 1.16. The molecule has 37 heavy (non-hydrogen) atoms. The Morgan fingerprint density at radius 1 is 1.05 bits per heavy atom. The number of likely N-dealkylation sites (tertiary alicyclic amines) is 1. The van der Waals surface area contributed by atoms with Gasteiger partial charge in [-0.1, -0.05) is 67.2 Å². The lowest BCUT2D eigenvalue weighted by Gasteiger charge is -2.50. The molecule has 0 N–H and O–H groups in total. The molecule has 5 heteroatoms. The number of carbonyl (C=O) groups excluding carboxylic acids is 1. The van der Waals surface area contributed by atoms with Crippen LogP contribution in [0.4, 0.5) is 4.79 Å². The molecule has 0 spiro atoms. The number of nitrogens with zero attached hydrogens (tertiary/aromatic N) is 2. The second-order valence-corrected chi connectivity index (χ2v) is 10.1. The van der Waals surface area contributed by atoms with E-state index in [0.717, 1.165) is 47.2 Å². The Morgan fingerprint density at radius 2 is 1.89 bits per heavy atom. The standard InChI is InChI=1S/C32H30N2O3/c1-2-36-31(35)34-16-15-32(26-12-8-13-28(19-26)37-22-23-9-4-3-5-10-23)20-30-25(18-27(32)21-34)17-24-11-6-7-14-29(24)33-30/h2-14,17,19,27H,1,15-16,18,20-22H2/t27-,32+/m1/s1. The molecule has 2 heterocycles. The van der Waals surface area contributed by atoms with Crippen molar-refractivity contribution >= 4 is 17.0 Å². The minimum Gasteiger partial charge on any atom is -0.489 e. The van der Waals surface area contributed by atoms with E-state index >= 15 is 0 Å². The molecule has 1 amide bonds. The Balaban J connectivity index is 1.36. The van der Waals surface area contributed by atoms with Crippen LogP contribution in [0.15, 0.2) is 97.8 Å². The van der Waals surface area contributed by atoms with Crippen molar-refractivity contribution in [3.63, 3.8) is 0 Å². The lowest BCUT2D eigenvalue weighted by atomic mass is 9.58. The minimum absolute atomic E-state index is 0.139. The maximum absolute atomic E-state index is 12.6. The SMILES string of the molecule is C=COC(=O)N1CC[C@@]2(c3cccc(OCc4ccccc4)c3)Cc3nc4ccccc4cc3C[C@@H]2C1. The Labute approximate surface area is 217 Å². The average molecular weight is 491 g/mol. The first-order valence-corrected chi connectivity index (χ1v) is 12.9. The first-order valence-electron chi connectivity index (χ1n) is 12.9. The van der Waals surface area contributed by atoms with Crippen LogP contribution in [-0.2, 0) is 29.6 Å². The van der Waals surface area contributed by atoms with Gasteiger partial charge in [0.15, 0.2) is 0 Å². The molecule has 186 valence electrons. The highest BCUT2D eigenvalue weighted by atomic mass is 16.5. The average Bonchev–Trinajstić information content (AvgIpc) is 2.94. The van der Waals surface area contributed by atoms with Crippen molar-refractivity contribution in [2.75, 3.05) is 13.1 Å². The molecule has 2 atom stereocenters. The van der Waals surface area contributed by atoms with Crippen LogP contribution in [0.25, 0.3) is 10.9 Å². The highest BCUT2D eigenvalue weighted by Crippen LogP contribution is 2.48. The van der Waals surface area contributed by atoms with E-state index in [0.29, 0.717) is 19.7 Å². The highest BCUT2D eigenvalue weighted by Gasteiger charge is 2.48. The van der Waals surface area contributed by atoms with E-state index in [1.807, 2.05) is 35.2 Å². The number of hydrogen-bond donors (Lipinski definition) is 0. The molecule has 0 radical (unpaired) electrons. The second kappa shape index (κ2) is 9.74. The van der Waals surface area contributed by atoms with E-state index in [2.05, 4.69) is 61.2 Å². The summed E-state index contributed by atoms with van der Waals surface area (Å²) < 4.78 is 11.3. The lowest BCUT2D eigenvalue weighted by Crippen LogP contribution is -2.55. The van der Waals surface area contributed by atoms with Crippen LogP contribution < -0.4 is 4.74 Å². The number of benzene rings is 3. The largest absolute Gasteiger partial charge is 0.489 e. The molecule has 1 saturated heterocycles. The monoisotopic (exact) mass is 490 g/mol. The summed E-state index contributed by atoms with van der Waals surface area (Å²) in [6, 6.07) is 29.3. The summed E-state index contributed by atoms with van der Waals surface area (Å²) >= 11 is 0. The Morgan fingerprint density at radius 3 is 2.76 bits per heavy atom. The zero-order chi connectivity index (χ0) is 25.2.